The molecule has 0 bridgehead atoms. The van der Waals surface area contributed by atoms with Gasteiger partial charge in [0.2, 0.25) is 0 Å². The lowest BCUT2D eigenvalue weighted by molar-refractivity contribution is 0.187. The van der Waals surface area contributed by atoms with E-state index in [1.54, 1.807) is 0 Å². The third-order valence-electron chi connectivity index (χ3n) is 5.84. The van der Waals surface area contributed by atoms with Crippen molar-refractivity contribution in [3.8, 4) is 6.07 Å². The molecule has 4 heteroatoms. The lowest BCUT2D eigenvalue weighted by Crippen LogP contribution is -2.53. The number of hydrogen-bond acceptors (Lipinski definition) is 3. The number of piperazine rings is 1. The largest absolute Gasteiger partial charge is 0.359 e. The van der Waals surface area contributed by atoms with Crippen molar-refractivity contribution in [2.75, 3.05) is 18.0 Å². The van der Waals surface area contributed by atoms with Gasteiger partial charge in [-0.05, 0) is 61.4 Å². The molecule has 1 aliphatic rings. The Hall–Kier alpha value is -2.80. The molecule has 152 valence electrons. The van der Waals surface area contributed by atoms with Gasteiger partial charge < -0.3 is 4.90 Å². The Morgan fingerprint density at radius 1 is 0.933 bits per heavy atom. The Bertz CT molecular complexity index is 1020. The van der Waals surface area contributed by atoms with Gasteiger partial charge in [0.1, 0.15) is 0 Å². The molecule has 4 rings (SSSR count). The molecule has 2 atom stereocenters. The molecule has 0 spiro atoms. The number of benzene rings is 3. The van der Waals surface area contributed by atoms with Crippen molar-refractivity contribution in [1.29, 1.82) is 5.26 Å². The molecule has 30 heavy (non-hydrogen) atoms. The molecule has 0 radical (unpaired) electrons. The Labute approximate surface area is 184 Å². The molecule has 0 N–H and O–H groups in total. The summed E-state index contributed by atoms with van der Waals surface area (Å²) >= 11 is 6.15. The fourth-order valence-corrected chi connectivity index (χ4v) is 4.48. The number of rotatable bonds is 4. The van der Waals surface area contributed by atoms with E-state index in [4.69, 9.17) is 16.9 Å². The van der Waals surface area contributed by atoms with Crippen molar-refractivity contribution >= 4 is 17.3 Å². The van der Waals surface area contributed by atoms with Gasteiger partial charge in [-0.3, -0.25) is 4.90 Å². The zero-order valence-electron chi connectivity index (χ0n) is 17.4. The Morgan fingerprint density at radius 3 is 2.23 bits per heavy atom. The quantitative estimate of drug-likeness (QED) is 0.525. The molecule has 0 saturated carbocycles. The van der Waals surface area contributed by atoms with Crippen molar-refractivity contribution in [2.45, 2.75) is 32.5 Å². The van der Waals surface area contributed by atoms with Crippen LogP contribution >= 0.6 is 11.6 Å². The minimum Gasteiger partial charge on any atom is -0.359 e. The lowest BCUT2D eigenvalue weighted by atomic mass is 9.97. The van der Waals surface area contributed by atoms with Gasteiger partial charge in [0, 0.05) is 36.4 Å². The minimum atomic E-state index is 0.258. The minimum absolute atomic E-state index is 0.258. The molecule has 1 saturated heterocycles. The van der Waals surface area contributed by atoms with E-state index >= 15 is 0 Å². The van der Waals surface area contributed by atoms with Gasteiger partial charge in [-0.15, -0.1) is 0 Å². The zero-order chi connectivity index (χ0) is 21.1. The molecule has 2 unspecified atom stereocenters. The first-order valence-corrected chi connectivity index (χ1v) is 10.7. The molecule has 3 aromatic rings. The second-order valence-corrected chi connectivity index (χ2v) is 8.60. The average Bonchev–Trinajstić information content (AvgIpc) is 2.75. The summed E-state index contributed by atoms with van der Waals surface area (Å²) in [4.78, 5) is 5.04. The third-order valence-corrected chi connectivity index (χ3v) is 6.09. The van der Waals surface area contributed by atoms with Crippen molar-refractivity contribution in [3.63, 3.8) is 0 Å². The predicted molar refractivity (Wildman–Crippen MR) is 124 cm³/mol. The first kappa shape index (κ1) is 20.5. The highest BCUT2D eigenvalue weighted by Crippen LogP contribution is 2.35. The second kappa shape index (κ2) is 8.92. The number of anilines is 1. The Balaban J connectivity index is 1.62. The smallest absolute Gasteiger partial charge is 0.0991 e. The summed E-state index contributed by atoms with van der Waals surface area (Å²) in [5, 5.41) is 9.81. The summed E-state index contributed by atoms with van der Waals surface area (Å²) in [5.74, 6) is 0. The molecule has 0 aromatic heterocycles. The summed E-state index contributed by atoms with van der Waals surface area (Å²) in [7, 11) is 0. The maximum absolute atomic E-state index is 9.05. The molecular weight excluding hydrogens is 390 g/mol. The molecule has 0 amide bonds. The van der Waals surface area contributed by atoms with Crippen LogP contribution in [0.4, 0.5) is 5.69 Å². The van der Waals surface area contributed by atoms with E-state index in [2.05, 4.69) is 78.2 Å². The highest BCUT2D eigenvalue weighted by atomic mass is 35.5. The van der Waals surface area contributed by atoms with E-state index < -0.39 is 0 Å². The van der Waals surface area contributed by atoms with Gasteiger partial charge >= 0.3 is 0 Å². The van der Waals surface area contributed by atoms with Gasteiger partial charge in [0.15, 0.2) is 0 Å². The van der Waals surface area contributed by atoms with Gasteiger partial charge in [-0.2, -0.15) is 5.26 Å². The predicted octanol–water partition coefficient (Wildman–Crippen LogP) is 5.97. The van der Waals surface area contributed by atoms with E-state index in [0.717, 1.165) is 24.7 Å². The van der Waals surface area contributed by atoms with Crippen LogP contribution in [0.2, 0.25) is 5.02 Å². The normalized spacial score (nSPS) is 19.5. The average molecular weight is 416 g/mol. The molecule has 3 nitrogen and oxygen atoms in total. The molecule has 3 aromatic carbocycles. The summed E-state index contributed by atoms with van der Waals surface area (Å²) in [6.45, 7) is 7.22. The number of hydrogen-bond donors (Lipinski definition) is 0. The van der Waals surface area contributed by atoms with Crippen LogP contribution in [0.25, 0.3) is 0 Å². The van der Waals surface area contributed by atoms with Gasteiger partial charge in [0.05, 0.1) is 17.7 Å². The summed E-state index contributed by atoms with van der Waals surface area (Å²) < 4.78 is 0. The monoisotopic (exact) mass is 415 g/mol. The van der Waals surface area contributed by atoms with E-state index in [0.29, 0.717) is 11.6 Å². The standard InChI is InChI=1S/C26H26ClN3/c1-19-3-9-23(10-4-19)26-18-29(17-22-7-5-21(15-28)6-8-22)16-20(2)30(26)25-13-11-24(27)12-14-25/h3-14,20,26H,16-18H2,1-2H3. The molecule has 1 aliphatic heterocycles. The topological polar surface area (TPSA) is 30.3 Å². The number of nitriles is 1. The van der Waals surface area contributed by atoms with Crippen LogP contribution < -0.4 is 4.90 Å². The van der Waals surface area contributed by atoms with Gasteiger partial charge in [-0.25, -0.2) is 0 Å². The summed E-state index contributed by atoms with van der Waals surface area (Å²) in [5.41, 5.74) is 5.75. The summed E-state index contributed by atoms with van der Waals surface area (Å²) in [6.07, 6.45) is 0. The second-order valence-electron chi connectivity index (χ2n) is 8.16. The van der Waals surface area contributed by atoms with Gasteiger partial charge in [0.25, 0.3) is 0 Å². The SMILES string of the molecule is Cc1ccc(C2CN(Cc3ccc(C#N)cc3)CC(C)N2c2ccc(Cl)cc2)cc1. The van der Waals surface area contributed by atoms with Crippen LogP contribution in [-0.4, -0.2) is 24.0 Å². The van der Waals surface area contributed by atoms with Crippen molar-refractivity contribution in [1.82, 2.24) is 4.90 Å². The van der Waals surface area contributed by atoms with Crippen molar-refractivity contribution in [2.24, 2.45) is 0 Å². The third kappa shape index (κ3) is 4.51. The fraction of sp³-hybridized carbons (Fsp3) is 0.269. The molecule has 0 aliphatic carbocycles. The van der Waals surface area contributed by atoms with Gasteiger partial charge in [-0.1, -0.05) is 53.6 Å². The zero-order valence-corrected chi connectivity index (χ0v) is 18.2. The van der Waals surface area contributed by atoms with Crippen LogP contribution in [0.1, 0.15) is 35.2 Å². The Kier molecular flexibility index (Phi) is 6.08. The number of aryl methyl sites for hydroxylation is 1. The van der Waals surface area contributed by atoms with Crippen LogP contribution in [0.3, 0.4) is 0 Å². The highest BCUT2D eigenvalue weighted by Gasteiger charge is 2.33. The lowest BCUT2D eigenvalue weighted by Gasteiger charge is -2.47. The first-order valence-electron chi connectivity index (χ1n) is 10.4. The van der Waals surface area contributed by atoms with Crippen LogP contribution in [0.5, 0.6) is 0 Å². The molecular formula is C26H26ClN3. The van der Waals surface area contributed by atoms with Crippen molar-refractivity contribution < 1.29 is 0 Å². The number of nitrogens with zero attached hydrogens (tertiary/aromatic N) is 3. The van der Waals surface area contributed by atoms with Crippen LogP contribution in [0.15, 0.2) is 72.8 Å². The fourth-order valence-electron chi connectivity index (χ4n) is 4.35. The van der Waals surface area contributed by atoms with Crippen LogP contribution in [0, 0.1) is 18.3 Å². The first-order chi connectivity index (χ1) is 14.5. The number of halogens is 1. The highest BCUT2D eigenvalue weighted by molar-refractivity contribution is 6.30. The van der Waals surface area contributed by atoms with Crippen LogP contribution in [-0.2, 0) is 6.54 Å². The molecule has 1 heterocycles. The van der Waals surface area contributed by atoms with Crippen molar-refractivity contribution in [3.05, 3.63) is 100 Å². The maximum Gasteiger partial charge on any atom is 0.0991 e. The van der Waals surface area contributed by atoms with E-state index in [-0.39, 0.29) is 6.04 Å². The van der Waals surface area contributed by atoms with E-state index in [1.165, 1.54) is 22.4 Å². The molecule has 1 fully saturated rings. The maximum atomic E-state index is 9.05. The Morgan fingerprint density at radius 2 is 1.60 bits per heavy atom. The van der Waals surface area contributed by atoms with E-state index in [9.17, 15) is 0 Å². The summed E-state index contributed by atoms with van der Waals surface area (Å²) in [6, 6.07) is 27.8. The van der Waals surface area contributed by atoms with E-state index in [1.807, 2.05) is 24.3 Å².